The van der Waals surface area contributed by atoms with Crippen molar-refractivity contribution in [3.8, 4) is 0 Å². The fraction of sp³-hybridized carbons (Fsp3) is 0.579. The van der Waals surface area contributed by atoms with Crippen molar-refractivity contribution in [2.24, 2.45) is 0 Å². The van der Waals surface area contributed by atoms with E-state index in [0.29, 0.717) is 0 Å². The van der Waals surface area contributed by atoms with Crippen LogP contribution < -0.4 is 5.32 Å². The molecule has 3 rings (SSSR count). The highest BCUT2D eigenvalue weighted by Gasteiger charge is 2.17. The molecule has 2 heterocycles. The number of para-hydroxylation sites is 1. The number of aryl methyl sites for hydroxylation is 1. The Kier molecular flexibility index (Phi) is 5.36. The summed E-state index contributed by atoms with van der Waals surface area (Å²) in [5.74, 6) is 1.05. The van der Waals surface area contributed by atoms with Crippen LogP contribution in [0.1, 0.15) is 43.6 Å². The summed E-state index contributed by atoms with van der Waals surface area (Å²) in [6, 6.07) is 8.45. The zero-order chi connectivity index (χ0) is 16.2. The minimum absolute atomic E-state index is 0.0829. The van der Waals surface area contributed by atoms with Gasteiger partial charge in [0.2, 0.25) is 0 Å². The van der Waals surface area contributed by atoms with Crippen LogP contribution in [-0.2, 0) is 0 Å². The van der Waals surface area contributed by atoms with Gasteiger partial charge < -0.3 is 19.7 Å². The first-order valence-electron chi connectivity index (χ1n) is 8.77. The highest BCUT2D eigenvalue weighted by Crippen LogP contribution is 2.29. The van der Waals surface area contributed by atoms with Crippen LogP contribution in [0.2, 0.25) is 0 Å². The molecule has 0 saturated carbocycles. The van der Waals surface area contributed by atoms with Crippen LogP contribution in [0.3, 0.4) is 0 Å². The molecular formula is C19H28N2O2. The molecule has 1 aliphatic rings. The molecule has 1 aromatic heterocycles. The van der Waals surface area contributed by atoms with Gasteiger partial charge in [-0.1, -0.05) is 18.2 Å². The number of piperidine rings is 1. The predicted molar refractivity (Wildman–Crippen MR) is 93.7 cm³/mol. The fourth-order valence-corrected chi connectivity index (χ4v) is 3.46. The third-order valence-electron chi connectivity index (χ3n) is 4.93. The van der Waals surface area contributed by atoms with Crippen LogP contribution in [0.25, 0.3) is 11.0 Å². The standard InChI is InChI=1S/C19H28N2O2/c1-14-17-6-3-4-7-18(17)23-19(14)15(2)20-10-5-11-21-12-8-16(22)9-13-21/h3-4,6-7,15-16,20,22H,5,8-13H2,1-2H3. The van der Waals surface area contributed by atoms with E-state index in [1.165, 1.54) is 10.9 Å². The lowest BCUT2D eigenvalue weighted by molar-refractivity contribution is 0.0820. The molecule has 1 aliphatic heterocycles. The molecule has 0 spiro atoms. The maximum absolute atomic E-state index is 9.53. The fourth-order valence-electron chi connectivity index (χ4n) is 3.46. The smallest absolute Gasteiger partial charge is 0.134 e. The summed E-state index contributed by atoms with van der Waals surface area (Å²) in [4.78, 5) is 2.45. The van der Waals surface area contributed by atoms with Gasteiger partial charge in [0, 0.05) is 18.5 Å². The number of nitrogens with zero attached hydrogens (tertiary/aromatic N) is 1. The lowest BCUT2D eigenvalue weighted by atomic mass is 10.1. The first-order valence-corrected chi connectivity index (χ1v) is 8.77. The van der Waals surface area contributed by atoms with Crippen LogP contribution in [0, 0.1) is 6.92 Å². The Morgan fingerprint density at radius 1 is 1.30 bits per heavy atom. The number of aliphatic hydroxyl groups is 1. The molecule has 4 heteroatoms. The molecule has 0 bridgehead atoms. The summed E-state index contributed by atoms with van der Waals surface area (Å²) in [6.45, 7) is 8.45. The van der Waals surface area contributed by atoms with Gasteiger partial charge in [-0.05, 0) is 57.8 Å². The van der Waals surface area contributed by atoms with E-state index in [0.717, 1.165) is 56.8 Å². The quantitative estimate of drug-likeness (QED) is 0.803. The molecule has 2 aromatic rings. The highest BCUT2D eigenvalue weighted by atomic mass is 16.3. The van der Waals surface area contributed by atoms with E-state index < -0.39 is 0 Å². The number of rotatable bonds is 6. The Morgan fingerprint density at radius 2 is 2.04 bits per heavy atom. The van der Waals surface area contributed by atoms with Crippen molar-refractivity contribution in [3.63, 3.8) is 0 Å². The summed E-state index contributed by atoms with van der Waals surface area (Å²) in [5.41, 5.74) is 2.21. The average Bonchev–Trinajstić information content (AvgIpc) is 2.90. The number of benzene rings is 1. The minimum atomic E-state index is -0.0829. The van der Waals surface area contributed by atoms with Gasteiger partial charge in [-0.3, -0.25) is 0 Å². The zero-order valence-electron chi connectivity index (χ0n) is 14.2. The monoisotopic (exact) mass is 316 g/mol. The number of aliphatic hydroxyl groups excluding tert-OH is 1. The molecule has 126 valence electrons. The highest BCUT2D eigenvalue weighted by molar-refractivity contribution is 5.82. The Morgan fingerprint density at radius 3 is 2.78 bits per heavy atom. The third kappa shape index (κ3) is 3.94. The number of hydrogen-bond acceptors (Lipinski definition) is 4. The number of fused-ring (bicyclic) bond motifs is 1. The van der Waals surface area contributed by atoms with Crippen molar-refractivity contribution in [2.75, 3.05) is 26.2 Å². The van der Waals surface area contributed by atoms with Crippen molar-refractivity contribution in [1.29, 1.82) is 0 Å². The molecule has 1 saturated heterocycles. The van der Waals surface area contributed by atoms with Crippen LogP contribution in [0.4, 0.5) is 0 Å². The molecule has 4 nitrogen and oxygen atoms in total. The van der Waals surface area contributed by atoms with Gasteiger partial charge in [0.05, 0.1) is 12.1 Å². The van der Waals surface area contributed by atoms with Crippen LogP contribution in [0.15, 0.2) is 28.7 Å². The first-order chi connectivity index (χ1) is 11.1. The Hall–Kier alpha value is -1.36. The average molecular weight is 316 g/mol. The summed E-state index contributed by atoms with van der Waals surface area (Å²) < 4.78 is 6.02. The molecule has 1 fully saturated rings. The maximum Gasteiger partial charge on any atom is 0.134 e. The predicted octanol–water partition coefficient (Wildman–Crippen LogP) is 3.24. The lowest BCUT2D eigenvalue weighted by Crippen LogP contribution is -2.37. The van der Waals surface area contributed by atoms with Crippen molar-refractivity contribution in [3.05, 3.63) is 35.6 Å². The van der Waals surface area contributed by atoms with Crippen LogP contribution in [-0.4, -0.2) is 42.3 Å². The normalized spacial score (nSPS) is 18.6. The molecule has 1 aromatic carbocycles. The van der Waals surface area contributed by atoms with Gasteiger partial charge in [0.25, 0.3) is 0 Å². The summed E-state index contributed by atoms with van der Waals surface area (Å²) in [5, 5.41) is 14.3. The van der Waals surface area contributed by atoms with Gasteiger partial charge in [0.1, 0.15) is 11.3 Å². The maximum atomic E-state index is 9.53. The third-order valence-corrected chi connectivity index (χ3v) is 4.93. The molecular weight excluding hydrogens is 288 g/mol. The van der Waals surface area contributed by atoms with E-state index in [4.69, 9.17) is 4.42 Å². The van der Waals surface area contributed by atoms with Crippen molar-refractivity contribution in [2.45, 2.75) is 45.3 Å². The lowest BCUT2D eigenvalue weighted by Gasteiger charge is -2.29. The van der Waals surface area contributed by atoms with E-state index in [9.17, 15) is 5.11 Å². The minimum Gasteiger partial charge on any atom is -0.459 e. The second kappa shape index (κ2) is 7.47. The zero-order valence-corrected chi connectivity index (χ0v) is 14.2. The topological polar surface area (TPSA) is 48.6 Å². The van der Waals surface area contributed by atoms with Crippen molar-refractivity contribution in [1.82, 2.24) is 10.2 Å². The van der Waals surface area contributed by atoms with Gasteiger partial charge >= 0.3 is 0 Å². The second-order valence-corrected chi connectivity index (χ2v) is 6.69. The number of likely N-dealkylation sites (tertiary alicyclic amines) is 1. The molecule has 0 amide bonds. The largest absolute Gasteiger partial charge is 0.459 e. The summed E-state index contributed by atoms with van der Waals surface area (Å²) in [6.07, 6.45) is 2.88. The van der Waals surface area contributed by atoms with E-state index in [-0.39, 0.29) is 12.1 Å². The molecule has 2 N–H and O–H groups in total. The molecule has 23 heavy (non-hydrogen) atoms. The number of furan rings is 1. The molecule has 1 unspecified atom stereocenters. The first kappa shape index (κ1) is 16.5. The van der Waals surface area contributed by atoms with Crippen molar-refractivity contribution >= 4 is 11.0 Å². The van der Waals surface area contributed by atoms with E-state index >= 15 is 0 Å². The van der Waals surface area contributed by atoms with E-state index in [2.05, 4.69) is 36.2 Å². The molecule has 0 radical (unpaired) electrons. The molecule has 0 aliphatic carbocycles. The Bertz CT molecular complexity index is 629. The van der Waals surface area contributed by atoms with E-state index in [1.807, 2.05) is 12.1 Å². The summed E-state index contributed by atoms with van der Waals surface area (Å²) in [7, 11) is 0. The summed E-state index contributed by atoms with van der Waals surface area (Å²) >= 11 is 0. The SMILES string of the molecule is Cc1c(C(C)NCCCN2CCC(O)CC2)oc2ccccc12. The van der Waals surface area contributed by atoms with E-state index in [1.54, 1.807) is 0 Å². The van der Waals surface area contributed by atoms with Gasteiger partial charge in [-0.15, -0.1) is 0 Å². The van der Waals surface area contributed by atoms with Gasteiger partial charge in [0.15, 0.2) is 0 Å². The van der Waals surface area contributed by atoms with Crippen LogP contribution >= 0.6 is 0 Å². The Balaban J connectivity index is 1.47. The molecule has 1 atom stereocenters. The number of hydrogen-bond donors (Lipinski definition) is 2. The second-order valence-electron chi connectivity index (χ2n) is 6.69. The van der Waals surface area contributed by atoms with Gasteiger partial charge in [-0.2, -0.15) is 0 Å². The number of nitrogens with one attached hydrogen (secondary N) is 1. The Labute approximate surface area is 138 Å². The van der Waals surface area contributed by atoms with Crippen molar-refractivity contribution < 1.29 is 9.52 Å². The van der Waals surface area contributed by atoms with Gasteiger partial charge in [-0.25, -0.2) is 0 Å². The van der Waals surface area contributed by atoms with Crippen LogP contribution in [0.5, 0.6) is 0 Å².